The van der Waals surface area contributed by atoms with Crippen molar-refractivity contribution < 1.29 is 19.5 Å². The number of carboxylic acids is 1. The number of carboxylic acid groups (broad SMARTS) is 1. The number of benzene rings is 1. The van der Waals surface area contributed by atoms with Gasteiger partial charge in [-0.25, -0.2) is 0 Å². The molecular formula is C21H24N2O4S. The summed E-state index contributed by atoms with van der Waals surface area (Å²) in [4.78, 5) is 37.3. The van der Waals surface area contributed by atoms with Crippen molar-refractivity contribution in [2.24, 2.45) is 5.92 Å². The first-order valence-electron chi connectivity index (χ1n) is 9.37. The summed E-state index contributed by atoms with van der Waals surface area (Å²) in [5.74, 6) is -1.68. The molecule has 148 valence electrons. The van der Waals surface area contributed by atoms with Crippen LogP contribution in [0.5, 0.6) is 0 Å². The van der Waals surface area contributed by atoms with Gasteiger partial charge in [-0.2, -0.15) is 0 Å². The highest BCUT2D eigenvalue weighted by molar-refractivity contribution is 7.17. The highest BCUT2D eigenvalue weighted by atomic mass is 32.1. The molecule has 1 aromatic carbocycles. The van der Waals surface area contributed by atoms with Crippen molar-refractivity contribution >= 4 is 39.8 Å². The van der Waals surface area contributed by atoms with Crippen LogP contribution < -0.4 is 10.6 Å². The Kier molecular flexibility index (Phi) is 6.14. The Bertz CT molecular complexity index is 902. The second-order valence-corrected chi connectivity index (χ2v) is 8.44. The fraction of sp³-hybridized carbons (Fsp3) is 0.381. The summed E-state index contributed by atoms with van der Waals surface area (Å²) in [6.45, 7) is 3.71. The van der Waals surface area contributed by atoms with Gasteiger partial charge < -0.3 is 15.7 Å². The SMILES string of the molecule is Cc1ccc(NC(=O)c2c(NC(=O)C[C@@H](C)CC(=O)O)sc3c2CCC3)cc1. The molecule has 3 N–H and O–H groups in total. The maximum absolute atomic E-state index is 13.0. The van der Waals surface area contributed by atoms with E-state index >= 15 is 0 Å². The van der Waals surface area contributed by atoms with Crippen molar-refractivity contribution in [3.05, 3.63) is 45.8 Å². The second kappa shape index (κ2) is 8.56. The molecule has 0 saturated heterocycles. The number of thiophene rings is 1. The Morgan fingerprint density at radius 1 is 1.11 bits per heavy atom. The van der Waals surface area contributed by atoms with Gasteiger partial charge in [0.2, 0.25) is 5.91 Å². The second-order valence-electron chi connectivity index (χ2n) is 7.34. The minimum absolute atomic E-state index is 0.0604. The van der Waals surface area contributed by atoms with Gasteiger partial charge in [0.15, 0.2) is 0 Å². The van der Waals surface area contributed by atoms with Gasteiger partial charge in [-0.05, 0) is 49.8 Å². The zero-order chi connectivity index (χ0) is 20.3. The molecule has 0 fully saturated rings. The molecule has 2 aromatic rings. The van der Waals surface area contributed by atoms with Crippen LogP contribution in [0.25, 0.3) is 0 Å². The lowest BCUT2D eigenvalue weighted by Gasteiger charge is -2.11. The normalized spacial score (nSPS) is 13.6. The largest absolute Gasteiger partial charge is 0.481 e. The van der Waals surface area contributed by atoms with Crippen LogP contribution in [0.15, 0.2) is 24.3 Å². The lowest BCUT2D eigenvalue weighted by atomic mass is 10.0. The Hall–Kier alpha value is -2.67. The smallest absolute Gasteiger partial charge is 0.303 e. The number of nitrogens with one attached hydrogen (secondary N) is 2. The van der Waals surface area contributed by atoms with Gasteiger partial charge >= 0.3 is 5.97 Å². The van der Waals surface area contributed by atoms with Crippen LogP contribution in [-0.2, 0) is 22.4 Å². The van der Waals surface area contributed by atoms with E-state index in [1.807, 2.05) is 31.2 Å². The number of aryl methyl sites for hydroxylation is 2. The third-order valence-corrected chi connectivity index (χ3v) is 5.97. The van der Waals surface area contributed by atoms with Gasteiger partial charge in [0, 0.05) is 23.4 Å². The van der Waals surface area contributed by atoms with Crippen LogP contribution in [0.4, 0.5) is 10.7 Å². The maximum Gasteiger partial charge on any atom is 0.303 e. The van der Waals surface area contributed by atoms with Crippen molar-refractivity contribution in [2.45, 2.75) is 46.0 Å². The van der Waals surface area contributed by atoms with Gasteiger partial charge in [0.25, 0.3) is 5.91 Å². The van der Waals surface area contributed by atoms with Crippen LogP contribution in [0.2, 0.25) is 0 Å². The molecule has 1 aliphatic carbocycles. The van der Waals surface area contributed by atoms with E-state index in [2.05, 4.69) is 10.6 Å². The maximum atomic E-state index is 13.0. The van der Waals surface area contributed by atoms with E-state index in [4.69, 9.17) is 5.11 Å². The summed E-state index contributed by atoms with van der Waals surface area (Å²) in [6, 6.07) is 7.57. The van der Waals surface area contributed by atoms with E-state index in [1.54, 1.807) is 6.92 Å². The number of fused-ring (bicyclic) bond motifs is 1. The molecule has 0 radical (unpaired) electrons. The van der Waals surface area contributed by atoms with Crippen molar-refractivity contribution in [1.82, 2.24) is 0 Å². The van der Waals surface area contributed by atoms with Gasteiger partial charge in [0.05, 0.1) is 5.56 Å². The van der Waals surface area contributed by atoms with Crippen molar-refractivity contribution in [1.29, 1.82) is 0 Å². The number of anilines is 2. The molecule has 1 aromatic heterocycles. The minimum Gasteiger partial charge on any atom is -0.481 e. The standard InChI is InChI=1S/C21H24N2O4S/c1-12-6-8-14(9-7-12)22-20(27)19-15-4-3-5-16(15)28-21(19)23-17(24)10-13(2)11-18(25)26/h6-9,13H,3-5,10-11H2,1-2H3,(H,22,27)(H,23,24)(H,25,26)/t13-/m1/s1. The Morgan fingerprint density at radius 2 is 1.82 bits per heavy atom. The van der Waals surface area contributed by atoms with E-state index in [0.29, 0.717) is 16.3 Å². The predicted octanol–water partition coefficient (Wildman–Crippen LogP) is 4.24. The Morgan fingerprint density at radius 3 is 2.50 bits per heavy atom. The number of amides is 2. The molecule has 28 heavy (non-hydrogen) atoms. The molecule has 0 aliphatic heterocycles. The first kappa shape index (κ1) is 20.1. The van der Waals surface area contributed by atoms with Crippen LogP contribution in [0, 0.1) is 12.8 Å². The predicted molar refractivity (Wildman–Crippen MR) is 110 cm³/mol. The van der Waals surface area contributed by atoms with Crippen LogP contribution in [-0.4, -0.2) is 22.9 Å². The lowest BCUT2D eigenvalue weighted by Crippen LogP contribution is -2.20. The first-order chi connectivity index (χ1) is 13.3. The molecule has 0 unspecified atom stereocenters. The monoisotopic (exact) mass is 400 g/mol. The summed E-state index contributed by atoms with van der Waals surface area (Å²) in [7, 11) is 0. The quantitative estimate of drug-likeness (QED) is 0.648. The van der Waals surface area contributed by atoms with E-state index in [9.17, 15) is 14.4 Å². The van der Waals surface area contributed by atoms with Crippen molar-refractivity contribution in [3.8, 4) is 0 Å². The zero-order valence-corrected chi connectivity index (χ0v) is 16.8. The summed E-state index contributed by atoms with van der Waals surface area (Å²) in [5.41, 5.74) is 3.37. The summed E-state index contributed by atoms with van der Waals surface area (Å²) < 4.78 is 0. The van der Waals surface area contributed by atoms with Crippen LogP contribution >= 0.6 is 11.3 Å². The van der Waals surface area contributed by atoms with Gasteiger partial charge in [-0.15, -0.1) is 11.3 Å². The lowest BCUT2D eigenvalue weighted by molar-refractivity contribution is -0.138. The number of hydrogen-bond acceptors (Lipinski definition) is 4. The van der Waals surface area contributed by atoms with Gasteiger partial charge in [0.1, 0.15) is 5.00 Å². The summed E-state index contributed by atoms with van der Waals surface area (Å²) in [6.07, 6.45) is 2.79. The summed E-state index contributed by atoms with van der Waals surface area (Å²) >= 11 is 1.45. The molecular weight excluding hydrogens is 376 g/mol. The third kappa shape index (κ3) is 4.78. The van der Waals surface area contributed by atoms with E-state index in [0.717, 1.165) is 35.3 Å². The fourth-order valence-corrected chi connectivity index (χ4v) is 4.73. The summed E-state index contributed by atoms with van der Waals surface area (Å²) in [5, 5.41) is 15.2. The number of hydrogen-bond donors (Lipinski definition) is 3. The highest BCUT2D eigenvalue weighted by Gasteiger charge is 2.28. The number of aliphatic carboxylic acids is 1. The molecule has 0 saturated carbocycles. The molecule has 0 bridgehead atoms. The molecule has 3 rings (SSSR count). The van der Waals surface area contributed by atoms with E-state index in [1.165, 1.54) is 11.3 Å². The fourth-order valence-electron chi connectivity index (χ4n) is 3.43. The van der Waals surface area contributed by atoms with Gasteiger partial charge in [-0.1, -0.05) is 24.6 Å². The molecule has 6 nitrogen and oxygen atoms in total. The van der Waals surface area contributed by atoms with E-state index < -0.39 is 5.97 Å². The minimum atomic E-state index is -0.923. The molecule has 1 atom stereocenters. The molecule has 7 heteroatoms. The molecule has 1 aliphatic rings. The molecule has 2 amide bonds. The number of carbonyl (C=O) groups excluding carboxylic acids is 2. The average Bonchev–Trinajstić information content (AvgIpc) is 3.16. The Labute approximate surface area is 168 Å². The number of rotatable bonds is 7. The van der Waals surface area contributed by atoms with Crippen LogP contribution in [0.1, 0.15) is 52.5 Å². The van der Waals surface area contributed by atoms with Crippen LogP contribution in [0.3, 0.4) is 0 Å². The van der Waals surface area contributed by atoms with Crippen molar-refractivity contribution in [2.75, 3.05) is 10.6 Å². The van der Waals surface area contributed by atoms with E-state index in [-0.39, 0.29) is 30.6 Å². The van der Waals surface area contributed by atoms with Gasteiger partial charge in [-0.3, -0.25) is 14.4 Å². The number of carbonyl (C=O) groups is 3. The average molecular weight is 401 g/mol. The van der Waals surface area contributed by atoms with Crippen molar-refractivity contribution in [3.63, 3.8) is 0 Å². The third-order valence-electron chi connectivity index (χ3n) is 4.77. The zero-order valence-electron chi connectivity index (χ0n) is 16.0. The first-order valence-corrected chi connectivity index (χ1v) is 10.2. The Balaban J connectivity index is 1.77. The highest BCUT2D eigenvalue weighted by Crippen LogP contribution is 2.39. The molecule has 0 spiro atoms. The molecule has 1 heterocycles. The topological polar surface area (TPSA) is 95.5 Å².